The lowest BCUT2D eigenvalue weighted by Gasteiger charge is -2.07. The third-order valence-corrected chi connectivity index (χ3v) is 3.95. The van der Waals surface area contributed by atoms with E-state index in [0.717, 1.165) is 6.26 Å². The number of ether oxygens (including phenoxy) is 1. The van der Waals surface area contributed by atoms with Gasteiger partial charge in [0.1, 0.15) is 17.2 Å². The summed E-state index contributed by atoms with van der Waals surface area (Å²) < 4.78 is 32.7. The van der Waals surface area contributed by atoms with E-state index in [9.17, 15) is 13.2 Å². The number of para-hydroxylation sites is 1. The Morgan fingerprint density at radius 2 is 1.15 bits per heavy atom. The lowest BCUT2D eigenvalue weighted by atomic mass is 10.0. The fourth-order valence-corrected chi connectivity index (χ4v) is 2.76. The molecular formula is C20H16O5S. The lowest BCUT2D eigenvalue weighted by molar-refractivity contribution is 0.103. The molecule has 0 atom stereocenters. The van der Waals surface area contributed by atoms with Crippen LogP contribution in [-0.4, -0.2) is 20.5 Å². The van der Waals surface area contributed by atoms with Gasteiger partial charge in [0, 0.05) is 11.1 Å². The van der Waals surface area contributed by atoms with Crippen molar-refractivity contribution in [1.29, 1.82) is 0 Å². The standard InChI is InChI=1S/C20H16O5S/c1-26(22,23)25-19-13-9-16(10-14-19)20(21)15-7-11-18(12-8-15)24-17-5-3-2-4-6-17/h2-14H,1H3. The fourth-order valence-electron chi connectivity index (χ4n) is 2.30. The van der Waals surface area contributed by atoms with Gasteiger partial charge in [-0.3, -0.25) is 4.79 Å². The summed E-state index contributed by atoms with van der Waals surface area (Å²) in [5.41, 5.74) is 0.935. The maximum absolute atomic E-state index is 12.5. The molecule has 0 amide bonds. The van der Waals surface area contributed by atoms with E-state index in [1.165, 1.54) is 24.3 Å². The molecule has 0 radical (unpaired) electrons. The van der Waals surface area contributed by atoms with Crippen LogP contribution in [0.1, 0.15) is 15.9 Å². The molecule has 0 aromatic heterocycles. The Bertz CT molecular complexity index is 992. The first-order valence-corrected chi connectivity index (χ1v) is 9.59. The minimum atomic E-state index is -3.59. The number of hydrogen-bond donors (Lipinski definition) is 0. The Kier molecular flexibility index (Phi) is 5.04. The molecule has 0 fully saturated rings. The van der Waals surface area contributed by atoms with Gasteiger partial charge in [-0.05, 0) is 60.7 Å². The van der Waals surface area contributed by atoms with E-state index in [4.69, 9.17) is 8.92 Å². The predicted molar refractivity (Wildman–Crippen MR) is 98.3 cm³/mol. The zero-order chi connectivity index (χ0) is 18.6. The maximum atomic E-state index is 12.5. The van der Waals surface area contributed by atoms with Gasteiger partial charge in [0.05, 0.1) is 6.26 Å². The SMILES string of the molecule is CS(=O)(=O)Oc1ccc(C(=O)c2ccc(Oc3ccccc3)cc2)cc1. The zero-order valence-electron chi connectivity index (χ0n) is 14.0. The van der Waals surface area contributed by atoms with Crippen LogP contribution in [0, 0.1) is 0 Å². The van der Waals surface area contributed by atoms with Crippen LogP contribution in [0.15, 0.2) is 78.9 Å². The molecular weight excluding hydrogens is 352 g/mol. The summed E-state index contributed by atoms with van der Waals surface area (Å²) in [5.74, 6) is 1.33. The first kappa shape index (κ1) is 17.7. The number of carbonyl (C=O) groups excluding carboxylic acids is 1. The van der Waals surface area contributed by atoms with Gasteiger partial charge in [0.25, 0.3) is 0 Å². The van der Waals surface area contributed by atoms with Crippen molar-refractivity contribution in [3.63, 3.8) is 0 Å². The fraction of sp³-hybridized carbons (Fsp3) is 0.0500. The molecule has 3 aromatic carbocycles. The molecule has 0 heterocycles. The van der Waals surface area contributed by atoms with E-state index >= 15 is 0 Å². The Morgan fingerprint density at radius 3 is 1.65 bits per heavy atom. The summed E-state index contributed by atoms with van der Waals surface area (Å²) in [7, 11) is -3.59. The second kappa shape index (κ2) is 7.41. The van der Waals surface area contributed by atoms with Crippen molar-refractivity contribution in [3.05, 3.63) is 90.0 Å². The lowest BCUT2D eigenvalue weighted by Crippen LogP contribution is -2.06. The highest BCUT2D eigenvalue weighted by Gasteiger charge is 2.11. The van der Waals surface area contributed by atoms with E-state index in [1.807, 2.05) is 30.3 Å². The molecule has 0 bridgehead atoms. The summed E-state index contributed by atoms with van der Waals surface area (Å²) in [6.07, 6.45) is 0.963. The molecule has 132 valence electrons. The molecule has 0 saturated carbocycles. The Labute approximate surface area is 151 Å². The van der Waals surface area contributed by atoms with Crippen molar-refractivity contribution in [2.24, 2.45) is 0 Å². The molecule has 0 N–H and O–H groups in total. The van der Waals surface area contributed by atoms with Gasteiger partial charge in [-0.1, -0.05) is 18.2 Å². The van der Waals surface area contributed by atoms with E-state index in [0.29, 0.717) is 22.6 Å². The highest BCUT2D eigenvalue weighted by Crippen LogP contribution is 2.22. The van der Waals surface area contributed by atoms with E-state index in [2.05, 4.69) is 0 Å². The topological polar surface area (TPSA) is 69.7 Å². The van der Waals surface area contributed by atoms with Crippen LogP contribution < -0.4 is 8.92 Å². The van der Waals surface area contributed by atoms with Gasteiger partial charge in [-0.2, -0.15) is 8.42 Å². The molecule has 0 aliphatic heterocycles. The van der Waals surface area contributed by atoms with Gasteiger partial charge < -0.3 is 8.92 Å². The summed E-state index contributed by atoms with van der Waals surface area (Å²) in [6.45, 7) is 0. The molecule has 0 aliphatic carbocycles. The maximum Gasteiger partial charge on any atom is 0.306 e. The van der Waals surface area contributed by atoms with E-state index in [-0.39, 0.29) is 11.5 Å². The van der Waals surface area contributed by atoms with Crippen molar-refractivity contribution in [2.75, 3.05) is 6.26 Å². The van der Waals surface area contributed by atoms with Crippen molar-refractivity contribution in [1.82, 2.24) is 0 Å². The number of rotatable bonds is 6. The van der Waals surface area contributed by atoms with E-state index < -0.39 is 10.1 Å². The largest absolute Gasteiger partial charge is 0.457 e. The van der Waals surface area contributed by atoms with Crippen LogP contribution in [0.5, 0.6) is 17.2 Å². The van der Waals surface area contributed by atoms with Gasteiger partial charge in [-0.25, -0.2) is 0 Å². The third kappa shape index (κ3) is 4.70. The number of benzene rings is 3. The van der Waals surface area contributed by atoms with Crippen LogP contribution in [0.4, 0.5) is 0 Å². The molecule has 0 spiro atoms. The molecule has 3 aromatic rings. The predicted octanol–water partition coefficient (Wildman–Crippen LogP) is 4.05. The molecule has 6 heteroatoms. The Morgan fingerprint density at radius 1 is 0.692 bits per heavy atom. The van der Waals surface area contributed by atoms with Crippen LogP contribution in [0.3, 0.4) is 0 Å². The molecule has 0 saturated heterocycles. The van der Waals surface area contributed by atoms with Gasteiger partial charge >= 0.3 is 10.1 Å². The average molecular weight is 368 g/mol. The highest BCUT2D eigenvalue weighted by atomic mass is 32.2. The monoisotopic (exact) mass is 368 g/mol. The summed E-state index contributed by atoms with van der Waals surface area (Å²) in [5, 5.41) is 0. The summed E-state index contributed by atoms with van der Waals surface area (Å²) in [6, 6.07) is 22.1. The van der Waals surface area contributed by atoms with Crippen molar-refractivity contribution in [2.45, 2.75) is 0 Å². The van der Waals surface area contributed by atoms with Crippen LogP contribution >= 0.6 is 0 Å². The summed E-state index contributed by atoms with van der Waals surface area (Å²) >= 11 is 0. The minimum Gasteiger partial charge on any atom is -0.457 e. The number of carbonyl (C=O) groups is 1. The van der Waals surface area contributed by atoms with Crippen LogP contribution in [0.25, 0.3) is 0 Å². The first-order valence-electron chi connectivity index (χ1n) is 7.78. The van der Waals surface area contributed by atoms with E-state index in [1.54, 1.807) is 24.3 Å². The average Bonchev–Trinajstić information content (AvgIpc) is 2.62. The third-order valence-electron chi connectivity index (χ3n) is 3.46. The molecule has 5 nitrogen and oxygen atoms in total. The molecule has 0 unspecified atom stereocenters. The zero-order valence-corrected chi connectivity index (χ0v) is 14.8. The smallest absolute Gasteiger partial charge is 0.306 e. The number of ketones is 1. The van der Waals surface area contributed by atoms with Crippen molar-refractivity contribution >= 4 is 15.9 Å². The van der Waals surface area contributed by atoms with Gasteiger partial charge in [-0.15, -0.1) is 0 Å². The second-order valence-electron chi connectivity index (χ2n) is 5.58. The Hall–Kier alpha value is -3.12. The Balaban J connectivity index is 1.71. The van der Waals surface area contributed by atoms with Gasteiger partial charge in [0.15, 0.2) is 5.78 Å². The van der Waals surface area contributed by atoms with Crippen molar-refractivity contribution in [3.8, 4) is 17.2 Å². The van der Waals surface area contributed by atoms with Crippen molar-refractivity contribution < 1.29 is 22.1 Å². The van der Waals surface area contributed by atoms with Gasteiger partial charge in [0.2, 0.25) is 0 Å². The highest BCUT2D eigenvalue weighted by molar-refractivity contribution is 7.86. The summed E-state index contributed by atoms with van der Waals surface area (Å²) in [4.78, 5) is 12.5. The first-order chi connectivity index (χ1) is 12.4. The molecule has 3 rings (SSSR count). The minimum absolute atomic E-state index is 0.163. The second-order valence-corrected chi connectivity index (χ2v) is 7.16. The normalized spacial score (nSPS) is 11.0. The van der Waals surface area contributed by atoms with Crippen LogP contribution in [0.2, 0.25) is 0 Å². The van der Waals surface area contributed by atoms with Crippen LogP contribution in [-0.2, 0) is 10.1 Å². The number of hydrogen-bond acceptors (Lipinski definition) is 5. The molecule has 26 heavy (non-hydrogen) atoms. The quantitative estimate of drug-likeness (QED) is 0.485. The molecule has 0 aliphatic rings.